The number of rotatable bonds is 7. The van der Waals surface area contributed by atoms with E-state index in [0.717, 1.165) is 62.6 Å². The summed E-state index contributed by atoms with van der Waals surface area (Å²) in [4.78, 5) is 23.9. The quantitative estimate of drug-likeness (QED) is 0.552. The number of alkyl halides is 3. The van der Waals surface area contributed by atoms with Gasteiger partial charge in [0.25, 0.3) is 0 Å². The highest BCUT2D eigenvalue weighted by Gasteiger charge is 2.29. The monoisotopic (exact) mass is 507 g/mol. The van der Waals surface area contributed by atoms with Crippen LogP contribution in [0, 0.1) is 6.92 Å². The lowest BCUT2D eigenvalue weighted by Gasteiger charge is -2.37. The van der Waals surface area contributed by atoms with Crippen molar-refractivity contribution in [2.75, 3.05) is 56.0 Å². The first-order valence-corrected chi connectivity index (χ1v) is 12.9. The molecule has 2 aromatic rings. The Balaban J connectivity index is 1.14. The van der Waals surface area contributed by atoms with Crippen molar-refractivity contribution in [1.82, 2.24) is 14.8 Å². The number of piperazine rings is 1. The lowest BCUT2D eigenvalue weighted by Crippen LogP contribution is -2.48. The van der Waals surface area contributed by atoms with Gasteiger partial charge in [-0.1, -0.05) is 0 Å². The standard InChI is InChI=1S/C25H32F3N5OS/c1-19-2-5-22(18-29-19)32-16-14-31(15-17-32)11-10-24(34)33-12-8-21(9-13-33)30-20-3-6-23(7-4-20)35-25(26,27)28/h2-7,18,21,30H,8-17H2,1H3. The summed E-state index contributed by atoms with van der Waals surface area (Å²) in [6.07, 6.45) is 4.11. The number of benzene rings is 1. The minimum atomic E-state index is -4.28. The molecule has 3 heterocycles. The molecule has 2 aliphatic rings. The van der Waals surface area contributed by atoms with E-state index in [2.05, 4.69) is 26.2 Å². The van der Waals surface area contributed by atoms with Gasteiger partial charge in [0.2, 0.25) is 5.91 Å². The molecule has 1 aromatic heterocycles. The highest BCUT2D eigenvalue weighted by molar-refractivity contribution is 8.00. The van der Waals surface area contributed by atoms with Crippen molar-refractivity contribution in [2.45, 2.75) is 42.6 Å². The molecule has 1 aromatic carbocycles. The van der Waals surface area contributed by atoms with E-state index in [1.807, 2.05) is 24.1 Å². The molecule has 0 atom stereocenters. The fraction of sp³-hybridized carbons (Fsp3) is 0.520. The summed E-state index contributed by atoms with van der Waals surface area (Å²) in [5.41, 5.74) is -1.30. The van der Waals surface area contributed by atoms with Crippen LogP contribution in [0.5, 0.6) is 0 Å². The van der Waals surface area contributed by atoms with E-state index in [1.165, 1.54) is 12.1 Å². The SMILES string of the molecule is Cc1ccc(N2CCN(CCC(=O)N3CCC(Nc4ccc(SC(F)(F)F)cc4)CC3)CC2)cn1. The number of hydrogen-bond acceptors (Lipinski definition) is 6. The number of nitrogens with one attached hydrogen (secondary N) is 1. The number of hydrogen-bond donors (Lipinski definition) is 1. The Hall–Kier alpha value is -2.46. The molecule has 2 saturated heterocycles. The number of halogens is 3. The molecule has 6 nitrogen and oxygen atoms in total. The van der Waals surface area contributed by atoms with Gasteiger partial charge in [-0.05, 0) is 67.9 Å². The number of carbonyl (C=O) groups excluding carboxylic acids is 1. The van der Waals surface area contributed by atoms with Crippen molar-refractivity contribution in [1.29, 1.82) is 0 Å². The van der Waals surface area contributed by atoms with Gasteiger partial charge in [0.05, 0.1) is 11.9 Å². The number of nitrogens with zero attached hydrogens (tertiary/aromatic N) is 4. The fourth-order valence-electron chi connectivity index (χ4n) is 4.55. The number of likely N-dealkylation sites (tertiary alicyclic amines) is 1. The summed E-state index contributed by atoms with van der Waals surface area (Å²) in [6, 6.07) is 10.7. The van der Waals surface area contributed by atoms with Gasteiger partial charge >= 0.3 is 5.51 Å². The van der Waals surface area contributed by atoms with Crippen molar-refractivity contribution >= 4 is 29.0 Å². The van der Waals surface area contributed by atoms with Crippen molar-refractivity contribution in [3.8, 4) is 0 Å². The lowest BCUT2D eigenvalue weighted by atomic mass is 10.0. The van der Waals surface area contributed by atoms with Crippen LogP contribution in [-0.2, 0) is 4.79 Å². The van der Waals surface area contributed by atoms with Gasteiger partial charge in [-0.25, -0.2) is 0 Å². The van der Waals surface area contributed by atoms with Crippen LogP contribution in [0.2, 0.25) is 0 Å². The second-order valence-corrected chi connectivity index (χ2v) is 10.2. The van der Waals surface area contributed by atoms with E-state index in [1.54, 1.807) is 12.1 Å². The van der Waals surface area contributed by atoms with Crippen LogP contribution < -0.4 is 10.2 Å². The molecule has 0 unspecified atom stereocenters. The topological polar surface area (TPSA) is 51.7 Å². The Kier molecular flexibility index (Phi) is 8.43. The molecular weight excluding hydrogens is 475 g/mol. The maximum absolute atomic E-state index is 12.7. The van der Waals surface area contributed by atoms with Gasteiger partial charge < -0.3 is 15.1 Å². The van der Waals surface area contributed by atoms with E-state index < -0.39 is 5.51 Å². The Bertz CT molecular complexity index is 955. The van der Waals surface area contributed by atoms with Gasteiger partial charge in [-0.3, -0.25) is 14.7 Å². The number of carbonyl (C=O) groups is 1. The van der Waals surface area contributed by atoms with Crippen molar-refractivity contribution < 1.29 is 18.0 Å². The summed E-state index contributed by atoms with van der Waals surface area (Å²) in [7, 11) is 0. The van der Waals surface area contributed by atoms with Gasteiger partial charge in [0.15, 0.2) is 0 Å². The van der Waals surface area contributed by atoms with Crippen molar-refractivity contribution in [3.63, 3.8) is 0 Å². The number of anilines is 2. The molecule has 0 saturated carbocycles. The highest BCUT2D eigenvalue weighted by Crippen LogP contribution is 2.37. The number of amides is 1. The second kappa shape index (κ2) is 11.5. The average molecular weight is 508 g/mol. The smallest absolute Gasteiger partial charge is 0.382 e. The number of aryl methyl sites for hydroxylation is 1. The summed E-state index contributed by atoms with van der Waals surface area (Å²) in [5.74, 6) is 0.196. The zero-order valence-electron chi connectivity index (χ0n) is 19.9. The van der Waals surface area contributed by atoms with Crippen LogP contribution in [0.25, 0.3) is 0 Å². The van der Waals surface area contributed by atoms with Crippen LogP contribution in [0.4, 0.5) is 24.5 Å². The molecule has 1 N–H and O–H groups in total. The molecule has 10 heteroatoms. The molecule has 190 valence electrons. The Morgan fingerprint density at radius 3 is 2.31 bits per heavy atom. The number of aromatic nitrogens is 1. The Labute approximate surface area is 208 Å². The molecule has 35 heavy (non-hydrogen) atoms. The predicted octanol–water partition coefficient (Wildman–Crippen LogP) is 4.62. The Morgan fingerprint density at radius 2 is 1.71 bits per heavy atom. The maximum Gasteiger partial charge on any atom is 0.446 e. The van der Waals surface area contributed by atoms with Crippen LogP contribution in [0.3, 0.4) is 0 Å². The molecule has 1 amide bonds. The van der Waals surface area contributed by atoms with Gasteiger partial charge in [0, 0.05) is 74.6 Å². The summed E-state index contributed by atoms with van der Waals surface area (Å²) >= 11 is -0.107. The normalized spacial score (nSPS) is 18.1. The fourth-order valence-corrected chi connectivity index (χ4v) is 5.09. The first kappa shape index (κ1) is 25.6. The number of pyridine rings is 1. The third-order valence-electron chi connectivity index (χ3n) is 6.58. The average Bonchev–Trinajstić information content (AvgIpc) is 2.84. The van der Waals surface area contributed by atoms with Crippen molar-refractivity contribution in [2.24, 2.45) is 0 Å². The highest BCUT2D eigenvalue weighted by atomic mass is 32.2. The molecule has 0 aliphatic carbocycles. The zero-order valence-corrected chi connectivity index (χ0v) is 20.7. The minimum absolute atomic E-state index is 0.107. The Morgan fingerprint density at radius 1 is 1.03 bits per heavy atom. The molecule has 0 radical (unpaired) electrons. The van der Waals surface area contributed by atoms with E-state index in [4.69, 9.17) is 0 Å². The summed E-state index contributed by atoms with van der Waals surface area (Å²) < 4.78 is 37.4. The van der Waals surface area contributed by atoms with E-state index >= 15 is 0 Å². The summed E-state index contributed by atoms with van der Waals surface area (Å²) in [6.45, 7) is 7.91. The van der Waals surface area contributed by atoms with Crippen molar-refractivity contribution in [3.05, 3.63) is 48.3 Å². The second-order valence-electron chi connectivity index (χ2n) is 9.11. The van der Waals surface area contributed by atoms with Crippen LogP contribution in [-0.4, -0.2) is 78.1 Å². The maximum atomic E-state index is 12.7. The number of piperidine rings is 1. The summed E-state index contributed by atoms with van der Waals surface area (Å²) in [5, 5.41) is 3.39. The van der Waals surface area contributed by atoms with E-state index in [9.17, 15) is 18.0 Å². The van der Waals surface area contributed by atoms with Gasteiger partial charge in [-0.15, -0.1) is 0 Å². The molecule has 4 rings (SSSR count). The van der Waals surface area contributed by atoms with Crippen LogP contribution in [0.15, 0.2) is 47.5 Å². The zero-order chi connectivity index (χ0) is 24.8. The third-order valence-corrected chi connectivity index (χ3v) is 7.32. The van der Waals surface area contributed by atoms with Gasteiger partial charge in [-0.2, -0.15) is 13.2 Å². The van der Waals surface area contributed by atoms with Crippen LogP contribution in [0.1, 0.15) is 25.0 Å². The molecule has 2 fully saturated rings. The first-order chi connectivity index (χ1) is 16.7. The minimum Gasteiger partial charge on any atom is -0.382 e. The number of thioether (sulfide) groups is 1. The predicted molar refractivity (Wildman–Crippen MR) is 134 cm³/mol. The van der Waals surface area contributed by atoms with Crippen LogP contribution >= 0.6 is 11.8 Å². The molecule has 0 bridgehead atoms. The molecule has 0 spiro atoms. The largest absolute Gasteiger partial charge is 0.446 e. The molecule has 2 aliphatic heterocycles. The third kappa shape index (κ3) is 7.76. The van der Waals surface area contributed by atoms with Gasteiger partial charge in [0.1, 0.15) is 0 Å². The first-order valence-electron chi connectivity index (χ1n) is 12.1. The lowest BCUT2D eigenvalue weighted by molar-refractivity contribution is -0.132. The van der Waals surface area contributed by atoms with E-state index in [0.29, 0.717) is 19.5 Å². The molecular formula is C25H32F3N5OS. The van der Waals surface area contributed by atoms with E-state index in [-0.39, 0.29) is 28.6 Å².